The molecule has 1 atom stereocenters. The van der Waals surface area contributed by atoms with Crippen LogP contribution in [0.2, 0.25) is 0 Å². The first-order valence-electron chi connectivity index (χ1n) is 8.77. The molecule has 3 aromatic rings. The van der Waals surface area contributed by atoms with Crippen molar-refractivity contribution in [3.05, 3.63) is 94.5 Å². The monoisotopic (exact) mass is 455 g/mol. The van der Waals surface area contributed by atoms with Crippen molar-refractivity contribution in [2.24, 2.45) is 0 Å². The minimum absolute atomic E-state index is 0.0546. The number of hydroxylamine groups is 1. The van der Waals surface area contributed by atoms with Gasteiger partial charge in [0.2, 0.25) is 0 Å². The number of hydrogen-bond acceptors (Lipinski definition) is 5. The molecule has 2 N–H and O–H groups in total. The highest BCUT2D eigenvalue weighted by Crippen LogP contribution is 2.29. The molecule has 3 rings (SSSR count). The molecular weight excluding hydrogens is 438 g/mol. The molecule has 0 aromatic heterocycles. The maximum atomic E-state index is 12.7. The number of aliphatic carboxylic acids is 1. The molecule has 0 spiro atoms. The molecule has 7 heteroatoms. The number of carbonyl (C=O) groups is 2. The number of phenols is 1. The number of carboxylic acids is 1. The third kappa shape index (κ3) is 5.14. The minimum Gasteiger partial charge on any atom is -0.508 e. The van der Waals surface area contributed by atoms with E-state index in [-0.39, 0.29) is 12.2 Å². The summed E-state index contributed by atoms with van der Waals surface area (Å²) in [5.41, 5.74) is 1.38. The molecule has 0 aliphatic carbocycles. The van der Waals surface area contributed by atoms with Gasteiger partial charge in [-0.15, -0.1) is 0 Å². The van der Waals surface area contributed by atoms with Crippen molar-refractivity contribution in [3.63, 3.8) is 0 Å². The standard InChI is InChI=1S/C22H18BrNO5/c23-18-8-4-5-9-19(18)24(29-22(28)16-6-2-1-3-7-16)20(21(26)27)14-15-10-12-17(25)13-11-15/h1-13,20,25H,14H2,(H,26,27)/t20-/m0/s1. The number of rotatable bonds is 7. The number of para-hydroxylation sites is 1. The Morgan fingerprint density at radius 3 is 2.17 bits per heavy atom. The van der Waals surface area contributed by atoms with Gasteiger partial charge in [0.05, 0.1) is 11.3 Å². The predicted octanol–water partition coefficient (Wildman–Crippen LogP) is 4.43. The second-order valence-electron chi connectivity index (χ2n) is 6.25. The van der Waals surface area contributed by atoms with Crippen LogP contribution in [0.5, 0.6) is 5.75 Å². The lowest BCUT2D eigenvalue weighted by atomic mass is 10.1. The summed E-state index contributed by atoms with van der Waals surface area (Å²) in [4.78, 5) is 30.3. The first-order chi connectivity index (χ1) is 14.0. The molecule has 3 aromatic carbocycles. The van der Waals surface area contributed by atoms with E-state index < -0.39 is 18.0 Å². The van der Waals surface area contributed by atoms with Gasteiger partial charge in [-0.25, -0.2) is 9.59 Å². The Labute approximate surface area is 176 Å². The van der Waals surface area contributed by atoms with Crippen LogP contribution in [0, 0.1) is 0 Å². The fourth-order valence-electron chi connectivity index (χ4n) is 2.75. The van der Waals surface area contributed by atoms with E-state index in [4.69, 9.17) is 4.84 Å². The average Bonchev–Trinajstić information content (AvgIpc) is 2.73. The summed E-state index contributed by atoms with van der Waals surface area (Å²) >= 11 is 3.40. The van der Waals surface area contributed by atoms with Gasteiger partial charge in [-0.2, -0.15) is 5.06 Å². The van der Waals surface area contributed by atoms with E-state index >= 15 is 0 Å². The Bertz CT molecular complexity index is 992. The number of halogens is 1. The van der Waals surface area contributed by atoms with Crippen molar-refractivity contribution in [2.45, 2.75) is 12.5 Å². The number of nitrogens with zero attached hydrogens (tertiary/aromatic N) is 1. The van der Waals surface area contributed by atoms with Gasteiger partial charge in [-0.1, -0.05) is 42.5 Å². The highest BCUT2D eigenvalue weighted by molar-refractivity contribution is 9.10. The van der Waals surface area contributed by atoms with E-state index in [1.807, 2.05) is 0 Å². The molecule has 0 aliphatic rings. The third-order valence-corrected chi connectivity index (χ3v) is 4.88. The number of benzene rings is 3. The van der Waals surface area contributed by atoms with Crippen LogP contribution in [0.15, 0.2) is 83.3 Å². The lowest BCUT2D eigenvalue weighted by Crippen LogP contribution is -2.44. The maximum absolute atomic E-state index is 12.7. The van der Waals surface area contributed by atoms with E-state index in [9.17, 15) is 19.8 Å². The van der Waals surface area contributed by atoms with Gasteiger partial charge in [-0.3, -0.25) is 0 Å². The molecule has 6 nitrogen and oxygen atoms in total. The molecule has 0 heterocycles. The van der Waals surface area contributed by atoms with E-state index in [0.717, 1.165) is 5.06 Å². The molecule has 29 heavy (non-hydrogen) atoms. The molecule has 0 aliphatic heterocycles. The van der Waals surface area contributed by atoms with Gasteiger partial charge in [-0.05, 0) is 57.9 Å². The van der Waals surface area contributed by atoms with Crippen LogP contribution < -0.4 is 5.06 Å². The Morgan fingerprint density at radius 1 is 0.931 bits per heavy atom. The molecule has 148 valence electrons. The second-order valence-corrected chi connectivity index (χ2v) is 7.10. The first kappa shape index (κ1) is 20.4. The van der Waals surface area contributed by atoms with Crippen LogP contribution in [0.25, 0.3) is 0 Å². The topological polar surface area (TPSA) is 87.1 Å². The molecule has 0 amide bonds. The zero-order chi connectivity index (χ0) is 20.8. The van der Waals surface area contributed by atoms with Crippen LogP contribution in [0.1, 0.15) is 15.9 Å². The Balaban J connectivity index is 1.97. The summed E-state index contributed by atoms with van der Waals surface area (Å²) in [6.45, 7) is 0. The van der Waals surface area contributed by atoms with E-state index in [2.05, 4.69) is 15.9 Å². The van der Waals surface area contributed by atoms with Gasteiger partial charge in [0, 0.05) is 10.9 Å². The average molecular weight is 456 g/mol. The Hall–Kier alpha value is -3.32. The van der Waals surface area contributed by atoms with Gasteiger partial charge >= 0.3 is 11.9 Å². The number of carbonyl (C=O) groups excluding carboxylic acids is 1. The number of carboxylic acid groups (broad SMARTS) is 1. The summed E-state index contributed by atoms with van der Waals surface area (Å²) in [5.74, 6) is -1.74. The number of phenolic OH excluding ortho intramolecular Hbond substituents is 1. The molecule has 0 saturated carbocycles. The summed E-state index contributed by atoms with van der Waals surface area (Å²) in [5, 5.41) is 20.5. The van der Waals surface area contributed by atoms with Gasteiger partial charge < -0.3 is 15.1 Å². The highest BCUT2D eigenvalue weighted by Gasteiger charge is 2.31. The smallest absolute Gasteiger partial charge is 0.363 e. The van der Waals surface area contributed by atoms with Crippen molar-refractivity contribution >= 4 is 33.6 Å². The molecule has 0 unspecified atom stereocenters. The lowest BCUT2D eigenvalue weighted by molar-refractivity contribution is -0.140. The largest absolute Gasteiger partial charge is 0.508 e. The quantitative estimate of drug-likeness (QED) is 0.512. The molecule has 0 fully saturated rings. The SMILES string of the molecule is O=C(ON(c1ccccc1Br)[C@@H](Cc1ccc(O)cc1)C(=O)O)c1ccccc1. The van der Waals surface area contributed by atoms with Gasteiger partial charge in [0.25, 0.3) is 0 Å². The summed E-state index contributed by atoms with van der Waals surface area (Å²) in [6.07, 6.45) is 0.0546. The summed E-state index contributed by atoms with van der Waals surface area (Å²) < 4.78 is 0.581. The van der Waals surface area contributed by atoms with Crippen LogP contribution >= 0.6 is 15.9 Å². The van der Waals surface area contributed by atoms with Crippen LogP contribution in [-0.2, 0) is 16.1 Å². The number of anilines is 1. The van der Waals surface area contributed by atoms with Crippen molar-refractivity contribution < 1.29 is 24.6 Å². The van der Waals surface area contributed by atoms with Gasteiger partial charge in [0.15, 0.2) is 6.04 Å². The van der Waals surface area contributed by atoms with Crippen LogP contribution in [0.3, 0.4) is 0 Å². The zero-order valence-corrected chi connectivity index (χ0v) is 16.8. The van der Waals surface area contributed by atoms with E-state index in [1.165, 1.54) is 12.1 Å². The minimum atomic E-state index is -1.19. The van der Waals surface area contributed by atoms with Crippen LogP contribution in [0.4, 0.5) is 5.69 Å². The second kappa shape index (κ2) is 9.25. The van der Waals surface area contributed by atoms with Crippen LogP contribution in [-0.4, -0.2) is 28.2 Å². The number of aromatic hydroxyl groups is 1. The van der Waals surface area contributed by atoms with Crippen molar-refractivity contribution in [1.29, 1.82) is 0 Å². The Morgan fingerprint density at radius 2 is 1.55 bits per heavy atom. The fraction of sp³-hybridized carbons (Fsp3) is 0.0909. The molecular formula is C22H18BrNO5. The maximum Gasteiger partial charge on any atom is 0.363 e. The lowest BCUT2D eigenvalue weighted by Gasteiger charge is -2.30. The summed E-state index contributed by atoms with van der Waals surface area (Å²) in [7, 11) is 0. The van der Waals surface area contributed by atoms with Crippen molar-refractivity contribution in [1.82, 2.24) is 0 Å². The molecule has 0 bridgehead atoms. The fourth-order valence-corrected chi connectivity index (χ4v) is 3.21. The van der Waals surface area contributed by atoms with E-state index in [1.54, 1.807) is 66.7 Å². The third-order valence-electron chi connectivity index (χ3n) is 4.21. The van der Waals surface area contributed by atoms with Crippen molar-refractivity contribution in [3.8, 4) is 5.75 Å². The van der Waals surface area contributed by atoms with E-state index in [0.29, 0.717) is 21.3 Å². The highest BCUT2D eigenvalue weighted by atomic mass is 79.9. The van der Waals surface area contributed by atoms with Gasteiger partial charge in [0.1, 0.15) is 5.75 Å². The summed E-state index contributed by atoms with van der Waals surface area (Å²) in [6, 6.07) is 20.3. The Kier molecular flexibility index (Phi) is 6.51. The number of hydrogen-bond donors (Lipinski definition) is 2. The van der Waals surface area contributed by atoms with Crippen molar-refractivity contribution in [2.75, 3.05) is 5.06 Å². The first-order valence-corrected chi connectivity index (χ1v) is 9.57. The predicted molar refractivity (Wildman–Crippen MR) is 112 cm³/mol. The normalized spacial score (nSPS) is 11.5. The zero-order valence-electron chi connectivity index (χ0n) is 15.2. The molecule has 0 radical (unpaired) electrons. The molecule has 0 saturated heterocycles.